The standard InChI is InChI=1S/C18H21F3N4O/c1-24(2)17-22-15-7-9-25(8-6-14(15)16(26)23-17)11-12-4-3-5-13(10-12)18(19,20)21/h3-5,10H,6-9,11H2,1-2H3,(H,22,23,26). The predicted octanol–water partition coefficient (Wildman–Crippen LogP) is 2.46. The summed E-state index contributed by atoms with van der Waals surface area (Å²) >= 11 is 0. The Balaban J connectivity index is 1.76. The van der Waals surface area contributed by atoms with Crippen molar-refractivity contribution in [3.8, 4) is 0 Å². The first-order valence-electron chi connectivity index (χ1n) is 8.42. The van der Waals surface area contributed by atoms with E-state index in [1.54, 1.807) is 25.1 Å². The molecule has 1 N–H and O–H groups in total. The molecule has 140 valence electrons. The Kier molecular flexibility index (Phi) is 5.04. The van der Waals surface area contributed by atoms with E-state index in [-0.39, 0.29) is 5.56 Å². The first-order valence-corrected chi connectivity index (χ1v) is 8.42. The Bertz CT molecular complexity index is 845. The smallest absolute Gasteiger partial charge is 0.348 e. The van der Waals surface area contributed by atoms with Crippen molar-refractivity contribution in [3.63, 3.8) is 0 Å². The summed E-state index contributed by atoms with van der Waals surface area (Å²) < 4.78 is 38.6. The zero-order valence-corrected chi connectivity index (χ0v) is 14.7. The fourth-order valence-electron chi connectivity index (χ4n) is 3.12. The number of rotatable bonds is 3. The van der Waals surface area contributed by atoms with Crippen LogP contribution in [0.25, 0.3) is 0 Å². The number of fused-ring (bicyclic) bond motifs is 1. The van der Waals surface area contributed by atoms with Gasteiger partial charge in [-0.25, -0.2) is 4.98 Å². The second-order valence-corrected chi connectivity index (χ2v) is 6.68. The van der Waals surface area contributed by atoms with Crippen LogP contribution in [0.3, 0.4) is 0 Å². The summed E-state index contributed by atoms with van der Waals surface area (Å²) in [5, 5.41) is 0. The van der Waals surface area contributed by atoms with Gasteiger partial charge in [0.2, 0.25) is 5.95 Å². The fourth-order valence-corrected chi connectivity index (χ4v) is 3.12. The molecule has 0 radical (unpaired) electrons. The lowest BCUT2D eigenvalue weighted by atomic mass is 10.1. The van der Waals surface area contributed by atoms with Crippen molar-refractivity contribution in [3.05, 3.63) is 57.0 Å². The highest BCUT2D eigenvalue weighted by Gasteiger charge is 2.30. The van der Waals surface area contributed by atoms with Crippen molar-refractivity contribution in [2.75, 3.05) is 32.1 Å². The topological polar surface area (TPSA) is 52.2 Å². The number of nitrogens with one attached hydrogen (secondary N) is 1. The van der Waals surface area contributed by atoms with E-state index in [1.165, 1.54) is 12.1 Å². The van der Waals surface area contributed by atoms with Gasteiger partial charge in [0.05, 0.1) is 11.3 Å². The molecular formula is C18H21F3N4O. The molecule has 3 rings (SSSR count). The molecule has 2 aromatic rings. The van der Waals surface area contributed by atoms with Crippen LogP contribution in [0.2, 0.25) is 0 Å². The van der Waals surface area contributed by atoms with Crippen molar-refractivity contribution in [1.82, 2.24) is 14.9 Å². The molecule has 0 amide bonds. The molecule has 0 spiro atoms. The second kappa shape index (κ2) is 7.11. The maximum Gasteiger partial charge on any atom is 0.416 e. The van der Waals surface area contributed by atoms with Gasteiger partial charge < -0.3 is 4.90 Å². The van der Waals surface area contributed by atoms with E-state index in [4.69, 9.17) is 0 Å². The third-order valence-electron chi connectivity index (χ3n) is 4.52. The number of halogens is 3. The maximum absolute atomic E-state index is 12.9. The SMILES string of the molecule is CN(C)c1nc2c(c(=O)[nH]1)CCN(Cc1cccc(C(F)(F)F)c1)CC2. The lowest BCUT2D eigenvalue weighted by Crippen LogP contribution is -2.26. The van der Waals surface area contributed by atoms with Crippen molar-refractivity contribution in [2.45, 2.75) is 25.6 Å². The molecule has 0 atom stereocenters. The number of alkyl halides is 3. The van der Waals surface area contributed by atoms with Crippen LogP contribution >= 0.6 is 0 Å². The van der Waals surface area contributed by atoms with E-state index < -0.39 is 11.7 Å². The second-order valence-electron chi connectivity index (χ2n) is 6.68. The quantitative estimate of drug-likeness (QED) is 0.907. The van der Waals surface area contributed by atoms with Crippen molar-refractivity contribution in [2.24, 2.45) is 0 Å². The Morgan fingerprint density at radius 1 is 1.23 bits per heavy atom. The van der Waals surface area contributed by atoms with E-state index in [2.05, 4.69) is 14.9 Å². The Hall–Kier alpha value is -2.35. The summed E-state index contributed by atoms with van der Waals surface area (Å²) in [6.45, 7) is 1.66. The highest BCUT2D eigenvalue weighted by molar-refractivity contribution is 5.32. The number of hydrogen-bond donors (Lipinski definition) is 1. The average Bonchev–Trinajstić information content (AvgIpc) is 2.77. The van der Waals surface area contributed by atoms with Gasteiger partial charge >= 0.3 is 6.18 Å². The molecule has 0 unspecified atom stereocenters. The minimum absolute atomic E-state index is 0.139. The van der Waals surface area contributed by atoms with Crippen LogP contribution < -0.4 is 10.5 Å². The average molecular weight is 366 g/mol. The number of nitrogens with zero attached hydrogens (tertiary/aromatic N) is 3. The number of anilines is 1. The normalized spacial score (nSPS) is 15.4. The molecule has 0 fully saturated rings. The maximum atomic E-state index is 12.9. The van der Waals surface area contributed by atoms with Gasteiger partial charge in [-0.2, -0.15) is 13.2 Å². The molecule has 0 saturated carbocycles. The van der Waals surface area contributed by atoms with Gasteiger partial charge in [-0.1, -0.05) is 18.2 Å². The van der Waals surface area contributed by atoms with Crippen LogP contribution in [-0.2, 0) is 25.6 Å². The van der Waals surface area contributed by atoms with Crippen LogP contribution in [0.4, 0.5) is 19.1 Å². The highest BCUT2D eigenvalue weighted by atomic mass is 19.4. The molecule has 1 aromatic carbocycles. The lowest BCUT2D eigenvalue weighted by molar-refractivity contribution is -0.137. The summed E-state index contributed by atoms with van der Waals surface area (Å²) in [6.07, 6.45) is -3.21. The van der Waals surface area contributed by atoms with Crippen LogP contribution in [0.15, 0.2) is 29.1 Å². The Labute approximate surface area is 149 Å². The fraction of sp³-hybridized carbons (Fsp3) is 0.444. The van der Waals surface area contributed by atoms with Gasteiger partial charge in [0.15, 0.2) is 0 Å². The van der Waals surface area contributed by atoms with Gasteiger partial charge in [0, 0.05) is 45.7 Å². The minimum Gasteiger partial charge on any atom is -0.348 e. The number of aromatic amines is 1. The van der Waals surface area contributed by atoms with E-state index in [0.717, 1.165) is 11.8 Å². The molecule has 5 nitrogen and oxygen atoms in total. The summed E-state index contributed by atoms with van der Waals surface area (Å²) in [5.74, 6) is 0.514. The molecular weight excluding hydrogens is 345 g/mol. The Morgan fingerprint density at radius 2 is 1.96 bits per heavy atom. The summed E-state index contributed by atoms with van der Waals surface area (Å²) in [5.41, 5.74) is 1.27. The molecule has 1 aliphatic rings. The van der Waals surface area contributed by atoms with Crippen molar-refractivity contribution < 1.29 is 13.2 Å². The lowest BCUT2D eigenvalue weighted by Gasteiger charge is -2.20. The van der Waals surface area contributed by atoms with Gasteiger partial charge in [0.25, 0.3) is 5.56 Å². The van der Waals surface area contributed by atoms with Gasteiger partial charge in [-0.3, -0.25) is 14.7 Å². The van der Waals surface area contributed by atoms with Crippen LogP contribution in [0.5, 0.6) is 0 Å². The van der Waals surface area contributed by atoms with Crippen LogP contribution in [-0.4, -0.2) is 42.1 Å². The van der Waals surface area contributed by atoms with E-state index in [0.29, 0.717) is 49.6 Å². The molecule has 0 saturated heterocycles. The minimum atomic E-state index is -4.34. The molecule has 0 aliphatic carbocycles. The summed E-state index contributed by atoms with van der Waals surface area (Å²) in [6, 6.07) is 5.39. The van der Waals surface area contributed by atoms with Crippen LogP contribution in [0.1, 0.15) is 22.4 Å². The highest BCUT2D eigenvalue weighted by Crippen LogP contribution is 2.29. The van der Waals surface area contributed by atoms with Gasteiger partial charge in [0.1, 0.15) is 0 Å². The van der Waals surface area contributed by atoms with Gasteiger partial charge in [-0.05, 0) is 18.1 Å². The van der Waals surface area contributed by atoms with Crippen molar-refractivity contribution in [1.29, 1.82) is 0 Å². The third-order valence-corrected chi connectivity index (χ3v) is 4.52. The van der Waals surface area contributed by atoms with E-state index in [1.807, 2.05) is 0 Å². The van der Waals surface area contributed by atoms with E-state index in [9.17, 15) is 18.0 Å². The Morgan fingerprint density at radius 3 is 2.65 bits per heavy atom. The molecule has 2 heterocycles. The first kappa shape index (κ1) is 18.4. The monoisotopic (exact) mass is 366 g/mol. The van der Waals surface area contributed by atoms with E-state index >= 15 is 0 Å². The van der Waals surface area contributed by atoms with Crippen LogP contribution in [0, 0.1) is 0 Å². The zero-order valence-electron chi connectivity index (χ0n) is 14.7. The number of aromatic nitrogens is 2. The molecule has 0 bridgehead atoms. The van der Waals surface area contributed by atoms with Crippen molar-refractivity contribution >= 4 is 5.95 Å². The largest absolute Gasteiger partial charge is 0.416 e. The van der Waals surface area contributed by atoms with Gasteiger partial charge in [-0.15, -0.1) is 0 Å². The molecule has 1 aliphatic heterocycles. The molecule has 1 aromatic heterocycles. The summed E-state index contributed by atoms with van der Waals surface area (Å²) in [7, 11) is 3.61. The molecule has 26 heavy (non-hydrogen) atoms. The zero-order chi connectivity index (χ0) is 18.9. The first-order chi connectivity index (χ1) is 12.2. The molecule has 8 heteroatoms. The summed E-state index contributed by atoms with van der Waals surface area (Å²) in [4.78, 5) is 23.4. The predicted molar refractivity (Wildman–Crippen MR) is 93.3 cm³/mol. The third kappa shape index (κ3) is 4.07. The number of hydrogen-bond acceptors (Lipinski definition) is 4. The number of H-pyrrole nitrogens is 1. The number of benzene rings is 1.